The van der Waals surface area contributed by atoms with Crippen LogP contribution in [-0.4, -0.2) is 40.2 Å². The Kier molecular flexibility index (Phi) is 3.53. The zero-order chi connectivity index (χ0) is 16.1. The fourth-order valence-electron chi connectivity index (χ4n) is 2.45. The summed E-state index contributed by atoms with van der Waals surface area (Å²) in [6.07, 6.45) is 5.40. The van der Waals surface area contributed by atoms with E-state index in [-0.39, 0.29) is 11.9 Å². The number of carbonyl (C=O) groups excluding carboxylic acids is 1. The van der Waals surface area contributed by atoms with Crippen LogP contribution in [0.15, 0.2) is 12.4 Å². The first-order chi connectivity index (χ1) is 10.2. The van der Waals surface area contributed by atoms with Crippen LogP contribution in [0.2, 0.25) is 0 Å². The smallest absolute Gasteiger partial charge is 0.399 e. The molecule has 1 aliphatic heterocycles. The molecular weight excluding hydrogens is 281 g/mol. The van der Waals surface area contributed by atoms with Gasteiger partial charge in [-0.1, -0.05) is 0 Å². The van der Waals surface area contributed by atoms with E-state index in [4.69, 9.17) is 9.31 Å². The highest BCUT2D eigenvalue weighted by molar-refractivity contribution is 6.61. The van der Waals surface area contributed by atoms with Crippen LogP contribution in [0.4, 0.5) is 5.95 Å². The van der Waals surface area contributed by atoms with Crippen LogP contribution in [0.3, 0.4) is 0 Å². The second-order valence-corrected chi connectivity index (χ2v) is 7.02. The largest absolute Gasteiger partial charge is 0.498 e. The molecule has 1 aromatic heterocycles. The SMILES string of the molecule is CC(=O)N(c1ncc(B2OC(C)(C)C(C)(C)O2)cn1)C1CC1. The summed E-state index contributed by atoms with van der Waals surface area (Å²) in [5.41, 5.74) is -0.0207. The molecule has 2 heterocycles. The molecule has 3 rings (SSSR count). The molecule has 1 aromatic rings. The summed E-state index contributed by atoms with van der Waals surface area (Å²) in [5, 5.41) is 0. The summed E-state index contributed by atoms with van der Waals surface area (Å²) in [5.74, 6) is 0.432. The van der Waals surface area contributed by atoms with Crippen LogP contribution < -0.4 is 10.4 Å². The number of hydrogen-bond donors (Lipinski definition) is 0. The van der Waals surface area contributed by atoms with E-state index in [9.17, 15) is 4.79 Å². The van der Waals surface area contributed by atoms with Crippen molar-refractivity contribution in [2.24, 2.45) is 0 Å². The third-order valence-electron chi connectivity index (χ3n) is 4.65. The topological polar surface area (TPSA) is 64.6 Å². The number of nitrogens with zero attached hydrogens (tertiary/aromatic N) is 3. The van der Waals surface area contributed by atoms with Gasteiger partial charge in [0.1, 0.15) is 0 Å². The van der Waals surface area contributed by atoms with Gasteiger partial charge in [-0.05, 0) is 40.5 Å². The second kappa shape index (κ2) is 5.03. The Morgan fingerprint density at radius 3 is 2.09 bits per heavy atom. The van der Waals surface area contributed by atoms with Gasteiger partial charge < -0.3 is 9.31 Å². The first kappa shape index (κ1) is 15.4. The van der Waals surface area contributed by atoms with Gasteiger partial charge in [0.15, 0.2) is 0 Å². The van der Waals surface area contributed by atoms with Crippen molar-refractivity contribution < 1.29 is 14.1 Å². The molecule has 0 N–H and O–H groups in total. The van der Waals surface area contributed by atoms with Crippen LogP contribution in [0, 0.1) is 0 Å². The van der Waals surface area contributed by atoms with Gasteiger partial charge in [0.25, 0.3) is 0 Å². The van der Waals surface area contributed by atoms with Crippen LogP contribution in [0.5, 0.6) is 0 Å². The minimum absolute atomic E-state index is 0.0223. The summed E-state index contributed by atoms with van der Waals surface area (Å²) < 4.78 is 11.9. The summed E-state index contributed by atoms with van der Waals surface area (Å²) in [6, 6.07) is 0.250. The summed E-state index contributed by atoms with van der Waals surface area (Å²) in [4.78, 5) is 22.1. The summed E-state index contributed by atoms with van der Waals surface area (Å²) >= 11 is 0. The van der Waals surface area contributed by atoms with Gasteiger partial charge >= 0.3 is 7.12 Å². The molecule has 22 heavy (non-hydrogen) atoms. The Morgan fingerprint density at radius 1 is 1.18 bits per heavy atom. The van der Waals surface area contributed by atoms with E-state index >= 15 is 0 Å². The number of aromatic nitrogens is 2. The highest BCUT2D eigenvalue weighted by Crippen LogP contribution is 2.36. The molecule has 1 saturated heterocycles. The van der Waals surface area contributed by atoms with Crippen LogP contribution in [0.25, 0.3) is 0 Å². The van der Waals surface area contributed by atoms with Crippen molar-refractivity contribution >= 4 is 24.4 Å². The molecule has 0 atom stereocenters. The molecule has 2 aliphatic rings. The van der Waals surface area contributed by atoms with Crippen LogP contribution in [0.1, 0.15) is 47.5 Å². The van der Waals surface area contributed by atoms with Gasteiger partial charge in [-0.15, -0.1) is 0 Å². The van der Waals surface area contributed by atoms with Crippen molar-refractivity contribution in [2.45, 2.75) is 64.7 Å². The zero-order valence-electron chi connectivity index (χ0n) is 13.8. The van der Waals surface area contributed by atoms with E-state index in [1.807, 2.05) is 27.7 Å². The Balaban J connectivity index is 1.79. The van der Waals surface area contributed by atoms with Crippen molar-refractivity contribution in [3.05, 3.63) is 12.4 Å². The maximum Gasteiger partial charge on any atom is 0.498 e. The first-order valence-corrected chi connectivity index (χ1v) is 7.69. The van der Waals surface area contributed by atoms with Gasteiger partial charge in [0.05, 0.1) is 11.2 Å². The van der Waals surface area contributed by atoms with E-state index in [2.05, 4.69) is 9.97 Å². The third-order valence-corrected chi connectivity index (χ3v) is 4.65. The van der Waals surface area contributed by atoms with Gasteiger partial charge in [0, 0.05) is 30.8 Å². The fraction of sp³-hybridized carbons (Fsp3) is 0.667. The average Bonchev–Trinajstić information content (AvgIpc) is 3.19. The average molecular weight is 303 g/mol. The van der Waals surface area contributed by atoms with E-state index < -0.39 is 18.3 Å². The van der Waals surface area contributed by atoms with Crippen molar-refractivity contribution in [3.63, 3.8) is 0 Å². The standard InChI is InChI=1S/C15H22BN3O3/c1-10(20)19(12-6-7-12)13-17-8-11(9-18-13)16-21-14(2,3)15(4,5)22-16/h8-9,12H,6-7H2,1-5H3. The molecule has 118 valence electrons. The van der Waals surface area contributed by atoms with Gasteiger partial charge in [-0.2, -0.15) is 0 Å². The molecule has 1 amide bonds. The van der Waals surface area contributed by atoms with E-state index in [1.54, 1.807) is 24.2 Å². The van der Waals surface area contributed by atoms with E-state index in [1.165, 1.54) is 0 Å². The predicted molar refractivity (Wildman–Crippen MR) is 83.9 cm³/mol. The molecule has 6 nitrogen and oxygen atoms in total. The van der Waals surface area contributed by atoms with E-state index in [0.29, 0.717) is 5.95 Å². The Labute approximate surface area is 131 Å². The summed E-state index contributed by atoms with van der Waals surface area (Å²) in [6.45, 7) is 9.57. The predicted octanol–water partition coefficient (Wildman–Crippen LogP) is 1.29. The first-order valence-electron chi connectivity index (χ1n) is 7.69. The minimum Gasteiger partial charge on any atom is -0.399 e. The molecule has 1 aliphatic carbocycles. The normalized spacial score (nSPS) is 22.7. The van der Waals surface area contributed by atoms with Crippen molar-refractivity contribution in [1.82, 2.24) is 9.97 Å². The van der Waals surface area contributed by atoms with Crippen LogP contribution >= 0.6 is 0 Å². The molecule has 0 radical (unpaired) electrons. The molecule has 0 aromatic carbocycles. The van der Waals surface area contributed by atoms with Gasteiger partial charge in [-0.3, -0.25) is 9.69 Å². The fourth-order valence-corrected chi connectivity index (χ4v) is 2.45. The number of anilines is 1. The highest BCUT2D eigenvalue weighted by Gasteiger charge is 2.52. The molecule has 1 saturated carbocycles. The minimum atomic E-state index is -0.481. The number of rotatable bonds is 3. The Hall–Kier alpha value is -1.47. The quantitative estimate of drug-likeness (QED) is 0.787. The van der Waals surface area contributed by atoms with Crippen molar-refractivity contribution in [2.75, 3.05) is 4.90 Å². The third kappa shape index (κ3) is 2.63. The monoisotopic (exact) mass is 303 g/mol. The maximum atomic E-state index is 11.7. The lowest BCUT2D eigenvalue weighted by atomic mass is 9.81. The molecule has 0 spiro atoms. The molecular formula is C15H22BN3O3. The number of hydrogen-bond acceptors (Lipinski definition) is 5. The second-order valence-electron chi connectivity index (χ2n) is 7.02. The lowest BCUT2D eigenvalue weighted by Crippen LogP contribution is -2.41. The van der Waals surface area contributed by atoms with Crippen molar-refractivity contribution in [1.29, 1.82) is 0 Å². The molecule has 0 unspecified atom stereocenters. The van der Waals surface area contributed by atoms with E-state index in [0.717, 1.165) is 18.3 Å². The summed E-state index contributed by atoms with van der Waals surface area (Å²) in [7, 11) is -0.481. The van der Waals surface area contributed by atoms with Crippen LogP contribution in [-0.2, 0) is 14.1 Å². The lowest BCUT2D eigenvalue weighted by molar-refractivity contribution is -0.116. The maximum absolute atomic E-state index is 11.7. The highest BCUT2D eigenvalue weighted by atomic mass is 16.7. The Bertz CT molecular complexity index is 568. The lowest BCUT2D eigenvalue weighted by Gasteiger charge is -2.32. The van der Waals surface area contributed by atoms with Gasteiger partial charge in [0.2, 0.25) is 11.9 Å². The molecule has 7 heteroatoms. The van der Waals surface area contributed by atoms with Crippen molar-refractivity contribution in [3.8, 4) is 0 Å². The van der Waals surface area contributed by atoms with Gasteiger partial charge in [-0.25, -0.2) is 9.97 Å². The Morgan fingerprint density at radius 2 is 1.68 bits per heavy atom. The zero-order valence-corrected chi connectivity index (χ0v) is 13.8. The molecule has 0 bridgehead atoms. The number of amides is 1. The number of carbonyl (C=O) groups is 1. The molecule has 2 fully saturated rings.